The summed E-state index contributed by atoms with van der Waals surface area (Å²) in [5.41, 5.74) is 0.595. The number of aliphatic hydroxyl groups is 1. The van der Waals surface area contributed by atoms with Crippen LogP contribution in [0, 0.1) is 0 Å². The molecule has 0 spiro atoms. The molecular weight excluding hydrogens is 248 g/mol. The summed E-state index contributed by atoms with van der Waals surface area (Å²) in [7, 11) is 0. The topological polar surface area (TPSA) is 94.8 Å². The van der Waals surface area contributed by atoms with Crippen LogP contribution < -0.4 is 0 Å². The zero-order chi connectivity index (χ0) is 13.0. The van der Waals surface area contributed by atoms with Gasteiger partial charge in [0.2, 0.25) is 0 Å². The molecule has 0 radical (unpaired) electrons. The third kappa shape index (κ3) is 3.72. The van der Waals surface area contributed by atoms with Crippen LogP contribution in [0.1, 0.15) is 23.7 Å². The Balaban J connectivity index is 3.03. The van der Waals surface area contributed by atoms with Crippen molar-refractivity contribution in [1.29, 1.82) is 0 Å². The summed E-state index contributed by atoms with van der Waals surface area (Å²) in [6.45, 7) is 0. The normalized spacial score (nSPS) is 12.1. The Morgan fingerprint density at radius 2 is 1.94 bits per heavy atom. The van der Waals surface area contributed by atoms with E-state index in [1.165, 1.54) is 18.2 Å². The van der Waals surface area contributed by atoms with Crippen molar-refractivity contribution in [2.45, 2.75) is 18.9 Å². The predicted molar refractivity (Wildman–Crippen MR) is 60.0 cm³/mol. The Labute approximate surface area is 102 Å². The molecule has 0 bridgehead atoms. The van der Waals surface area contributed by atoms with Gasteiger partial charge in [-0.05, 0) is 29.7 Å². The summed E-state index contributed by atoms with van der Waals surface area (Å²) >= 11 is 5.74. The van der Waals surface area contributed by atoms with Crippen molar-refractivity contribution in [1.82, 2.24) is 0 Å². The molecule has 0 aliphatic rings. The summed E-state index contributed by atoms with van der Waals surface area (Å²) < 4.78 is 0. The van der Waals surface area contributed by atoms with Gasteiger partial charge in [0.25, 0.3) is 0 Å². The Bertz CT molecular complexity index is 443. The molecule has 0 fully saturated rings. The lowest BCUT2D eigenvalue weighted by Gasteiger charge is -2.12. The first-order chi connectivity index (χ1) is 7.91. The van der Waals surface area contributed by atoms with Crippen molar-refractivity contribution < 1.29 is 24.9 Å². The third-order valence-corrected chi connectivity index (χ3v) is 2.48. The van der Waals surface area contributed by atoms with Crippen LogP contribution in [0.3, 0.4) is 0 Å². The molecular formula is C11H11ClO5. The second kappa shape index (κ2) is 5.65. The highest BCUT2D eigenvalue weighted by molar-refractivity contribution is 6.30. The first-order valence-electron chi connectivity index (χ1n) is 4.83. The highest BCUT2D eigenvalue weighted by atomic mass is 35.5. The van der Waals surface area contributed by atoms with Crippen molar-refractivity contribution in [3.8, 4) is 0 Å². The fourth-order valence-corrected chi connectivity index (χ4v) is 1.63. The quantitative estimate of drug-likeness (QED) is 0.743. The van der Waals surface area contributed by atoms with E-state index in [1.807, 2.05) is 0 Å². The van der Waals surface area contributed by atoms with Gasteiger partial charge in [0.05, 0.1) is 0 Å². The molecule has 0 saturated carbocycles. The second-order valence-corrected chi connectivity index (χ2v) is 3.91. The summed E-state index contributed by atoms with van der Waals surface area (Å²) in [5, 5.41) is 27.1. The van der Waals surface area contributed by atoms with E-state index in [4.69, 9.17) is 21.8 Å². The molecule has 3 N–H and O–H groups in total. The minimum atomic E-state index is -1.67. The van der Waals surface area contributed by atoms with E-state index < -0.39 is 18.0 Å². The van der Waals surface area contributed by atoms with Crippen LogP contribution in [0.25, 0.3) is 0 Å². The van der Waals surface area contributed by atoms with Crippen LogP contribution in [0.15, 0.2) is 18.2 Å². The van der Waals surface area contributed by atoms with Crippen molar-refractivity contribution in [2.24, 2.45) is 0 Å². The molecule has 1 aromatic carbocycles. The van der Waals surface area contributed by atoms with Gasteiger partial charge in [-0.2, -0.15) is 0 Å². The fraction of sp³-hybridized carbons (Fsp3) is 0.273. The molecule has 1 unspecified atom stereocenters. The molecule has 1 aromatic rings. The van der Waals surface area contributed by atoms with E-state index in [9.17, 15) is 14.7 Å². The van der Waals surface area contributed by atoms with Gasteiger partial charge in [-0.25, -0.2) is 4.79 Å². The van der Waals surface area contributed by atoms with E-state index in [1.54, 1.807) is 0 Å². The lowest BCUT2D eigenvalue weighted by Crippen LogP contribution is -2.13. The summed E-state index contributed by atoms with van der Waals surface area (Å²) in [5.74, 6) is -2.38. The van der Waals surface area contributed by atoms with E-state index in [2.05, 4.69) is 0 Å². The van der Waals surface area contributed by atoms with Crippen molar-refractivity contribution in [2.75, 3.05) is 0 Å². The standard InChI is InChI=1S/C11H11ClO5/c12-7-2-3-8(10(15)11(16)17)6(5-7)1-4-9(13)14/h2-3,5,10,15H,1,4H2,(H,13,14)(H,16,17). The van der Waals surface area contributed by atoms with Crippen molar-refractivity contribution >= 4 is 23.5 Å². The van der Waals surface area contributed by atoms with Crippen LogP contribution >= 0.6 is 11.6 Å². The van der Waals surface area contributed by atoms with E-state index in [-0.39, 0.29) is 18.4 Å². The minimum absolute atomic E-state index is 0.121. The number of halogens is 1. The van der Waals surface area contributed by atoms with E-state index in [0.717, 1.165) is 0 Å². The average molecular weight is 259 g/mol. The first kappa shape index (κ1) is 13.5. The maximum absolute atomic E-state index is 10.7. The molecule has 0 aliphatic heterocycles. The van der Waals surface area contributed by atoms with Gasteiger partial charge in [0.15, 0.2) is 6.10 Å². The lowest BCUT2D eigenvalue weighted by atomic mass is 9.98. The Hall–Kier alpha value is -1.59. The Morgan fingerprint density at radius 1 is 1.29 bits per heavy atom. The molecule has 0 aliphatic carbocycles. The second-order valence-electron chi connectivity index (χ2n) is 3.48. The zero-order valence-corrected chi connectivity index (χ0v) is 9.52. The molecule has 6 heteroatoms. The minimum Gasteiger partial charge on any atom is -0.481 e. The monoisotopic (exact) mass is 258 g/mol. The number of aliphatic carboxylic acids is 2. The Morgan fingerprint density at radius 3 is 2.47 bits per heavy atom. The molecule has 0 heterocycles. The predicted octanol–water partition coefficient (Wildman–Crippen LogP) is 1.48. The first-order valence-corrected chi connectivity index (χ1v) is 5.20. The number of hydrogen-bond donors (Lipinski definition) is 3. The number of benzene rings is 1. The maximum Gasteiger partial charge on any atom is 0.337 e. The Kier molecular flexibility index (Phi) is 4.48. The highest BCUT2D eigenvalue weighted by Gasteiger charge is 2.19. The number of carboxylic acids is 2. The van der Waals surface area contributed by atoms with Crippen molar-refractivity contribution in [3.63, 3.8) is 0 Å². The third-order valence-electron chi connectivity index (χ3n) is 2.24. The number of aryl methyl sites for hydroxylation is 1. The van der Waals surface area contributed by atoms with Gasteiger partial charge in [-0.15, -0.1) is 0 Å². The maximum atomic E-state index is 10.7. The SMILES string of the molecule is O=C(O)CCc1cc(Cl)ccc1C(O)C(=O)O. The lowest BCUT2D eigenvalue weighted by molar-refractivity contribution is -0.147. The van der Waals surface area contributed by atoms with Crippen LogP contribution in [-0.4, -0.2) is 27.3 Å². The number of carbonyl (C=O) groups is 2. The van der Waals surface area contributed by atoms with E-state index >= 15 is 0 Å². The number of aliphatic hydroxyl groups excluding tert-OH is 1. The molecule has 5 nitrogen and oxygen atoms in total. The molecule has 1 atom stereocenters. The molecule has 0 aromatic heterocycles. The van der Waals surface area contributed by atoms with Crippen LogP contribution in [0.2, 0.25) is 5.02 Å². The molecule has 0 amide bonds. The summed E-state index contributed by atoms with van der Waals surface area (Å²) in [4.78, 5) is 21.1. The number of rotatable bonds is 5. The largest absolute Gasteiger partial charge is 0.481 e. The molecule has 1 rings (SSSR count). The zero-order valence-electron chi connectivity index (χ0n) is 8.76. The fourth-order valence-electron chi connectivity index (χ4n) is 1.43. The van der Waals surface area contributed by atoms with Crippen LogP contribution in [0.5, 0.6) is 0 Å². The molecule has 0 saturated heterocycles. The highest BCUT2D eigenvalue weighted by Crippen LogP contribution is 2.23. The van der Waals surface area contributed by atoms with Crippen LogP contribution in [-0.2, 0) is 16.0 Å². The van der Waals surface area contributed by atoms with E-state index in [0.29, 0.717) is 10.6 Å². The van der Waals surface area contributed by atoms with Gasteiger partial charge in [0, 0.05) is 11.4 Å². The summed E-state index contributed by atoms with van der Waals surface area (Å²) in [6, 6.07) is 4.30. The number of carboxylic acid groups (broad SMARTS) is 2. The van der Waals surface area contributed by atoms with Gasteiger partial charge in [-0.1, -0.05) is 17.7 Å². The molecule has 92 valence electrons. The summed E-state index contributed by atoms with van der Waals surface area (Å²) in [6.07, 6.45) is -1.70. The van der Waals surface area contributed by atoms with Crippen molar-refractivity contribution in [3.05, 3.63) is 34.3 Å². The smallest absolute Gasteiger partial charge is 0.337 e. The van der Waals surface area contributed by atoms with Gasteiger partial charge in [-0.3, -0.25) is 4.79 Å². The molecule has 17 heavy (non-hydrogen) atoms. The number of hydrogen-bond acceptors (Lipinski definition) is 3. The van der Waals surface area contributed by atoms with Crippen LogP contribution in [0.4, 0.5) is 0 Å². The van der Waals surface area contributed by atoms with Gasteiger partial charge >= 0.3 is 11.9 Å². The van der Waals surface area contributed by atoms with Gasteiger partial charge < -0.3 is 15.3 Å². The average Bonchev–Trinajstić information content (AvgIpc) is 2.25. The van der Waals surface area contributed by atoms with Gasteiger partial charge in [0.1, 0.15) is 0 Å².